The monoisotopic (exact) mass is 297 g/mol. The summed E-state index contributed by atoms with van der Waals surface area (Å²) < 4.78 is 0. The molecule has 4 nitrogen and oxygen atoms in total. The molecule has 0 spiro atoms. The molecule has 1 atom stereocenters. The maximum atomic E-state index is 12.4. The van der Waals surface area contributed by atoms with Gasteiger partial charge in [0.2, 0.25) is 5.91 Å². The van der Waals surface area contributed by atoms with E-state index in [0.717, 1.165) is 5.56 Å². The summed E-state index contributed by atoms with van der Waals surface area (Å²) in [6, 6.07) is 7.03. The van der Waals surface area contributed by atoms with Gasteiger partial charge in [-0.3, -0.25) is 9.59 Å². The summed E-state index contributed by atoms with van der Waals surface area (Å²) in [5.41, 5.74) is -0.0138. The molecule has 2 N–H and O–H groups in total. The van der Waals surface area contributed by atoms with Crippen LogP contribution in [0.3, 0.4) is 0 Å². The van der Waals surface area contributed by atoms with E-state index in [-0.39, 0.29) is 18.4 Å². The number of nitrogens with one attached hydrogen (secondary N) is 1. The van der Waals surface area contributed by atoms with Crippen molar-refractivity contribution in [3.63, 3.8) is 0 Å². The minimum Gasteiger partial charge on any atom is -0.481 e. The van der Waals surface area contributed by atoms with E-state index in [0.29, 0.717) is 11.4 Å². The van der Waals surface area contributed by atoms with Crippen molar-refractivity contribution in [2.24, 2.45) is 0 Å². The average Bonchev–Trinajstić information content (AvgIpc) is 2.36. The summed E-state index contributed by atoms with van der Waals surface area (Å²) in [4.78, 5) is 22.9. The zero-order chi connectivity index (χ0) is 15.3. The predicted molar refractivity (Wildman–Crippen MR) is 79.0 cm³/mol. The molecule has 0 aliphatic rings. The van der Waals surface area contributed by atoms with Crippen LogP contribution in [0.4, 0.5) is 0 Å². The lowest BCUT2D eigenvalue weighted by Crippen LogP contribution is -2.44. The number of amides is 1. The molecule has 5 heteroatoms. The minimum absolute atomic E-state index is 0.0357. The number of halogens is 1. The van der Waals surface area contributed by atoms with Crippen LogP contribution in [0.5, 0.6) is 0 Å². The lowest BCUT2D eigenvalue weighted by Gasteiger charge is -2.27. The molecule has 0 saturated heterocycles. The molecule has 0 aliphatic carbocycles. The van der Waals surface area contributed by atoms with E-state index in [1.54, 1.807) is 26.8 Å². The van der Waals surface area contributed by atoms with E-state index in [1.807, 2.05) is 18.2 Å². The molecule has 1 aromatic rings. The molecule has 20 heavy (non-hydrogen) atoms. The number of rotatable bonds is 6. The Hall–Kier alpha value is -1.55. The molecule has 1 aromatic carbocycles. The van der Waals surface area contributed by atoms with Crippen molar-refractivity contribution >= 4 is 23.5 Å². The van der Waals surface area contributed by atoms with E-state index < -0.39 is 11.4 Å². The molecular formula is C15H20ClNO3. The number of carboxylic acid groups (broad SMARTS) is 1. The van der Waals surface area contributed by atoms with Gasteiger partial charge in [-0.15, -0.1) is 0 Å². The molecule has 0 aliphatic heterocycles. The molecule has 1 unspecified atom stereocenters. The molecule has 0 fully saturated rings. The molecule has 0 aromatic heterocycles. The van der Waals surface area contributed by atoms with Crippen LogP contribution in [0.15, 0.2) is 24.3 Å². The Morgan fingerprint density at radius 1 is 1.35 bits per heavy atom. The van der Waals surface area contributed by atoms with Crippen LogP contribution in [-0.4, -0.2) is 23.0 Å². The Morgan fingerprint density at radius 2 is 1.95 bits per heavy atom. The number of carbonyl (C=O) groups is 2. The van der Waals surface area contributed by atoms with Gasteiger partial charge < -0.3 is 10.4 Å². The molecule has 0 radical (unpaired) electrons. The van der Waals surface area contributed by atoms with Crippen molar-refractivity contribution < 1.29 is 14.7 Å². The number of carbonyl (C=O) groups excluding carboxylic acids is 1. The van der Waals surface area contributed by atoms with Crippen LogP contribution in [0, 0.1) is 0 Å². The maximum Gasteiger partial charge on any atom is 0.303 e. The smallest absolute Gasteiger partial charge is 0.303 e. The molecule has 1 rings (SSSR count). The zero-order valence-corrected chi connectivity index (χ0v) is 12.7. The second-order valence-corrected chi connectivity index (χ2v) is 5.82. The van der Waals surface area contributed by atoms with Crippen LogP contribution in [0.25, 0.3) is 0 Å². The van der Waals surface area contributed by atoms with E-state index in [9.17, 15) is 9.59 Å². The highest BCUT2D eigenvalue weighted by molar-refractivity contribution is 6.31. The van der Waals surface area contributed by atoms with Crippen LogP contribution in [0.2, 0.25) is 5.02 Å². The Kier molecular flexibility index (Phi) is 5.57. The first-order chi connectivity index (χ1) is 9.25. The third-order valence-corrected chi connectivity index (χ3v) is 3.61. The SMILES string of the molecule is CC(CCC(=O)O)NC(=O)C(C)(C)c1ccccc1Cl. The number of aliphatic carboxylic acids is 1. The average molecular weight is 298 g/mol. The Bertz CT molecular complexity index is 500. The quantitative estimate of drug-likeness (QED) is 0.848. The summed E-state index contributed by atoms with van der Waals surface area (Å²) in [6.45, 7) is 5.39. The minimum atomic E-state index is -0.864. The first kappa shape index (κ1) is 16.5. The largest absolute Gasteiger partial charge is 0.481 e. The Balaban J connectivity index is 2.75. The summed E-state index contributed by atoms with van der Waals surface area (Å²) in [5, 5.41) is 12.0. The summed E-state index contributed by atoms with van der Waals surface area (Å²) >= 11 is 6.13. The van der Waals surface area contributed by atoms with Crippen molar-refractivity contribution in [2.45, 2.75) is 45.1 Å². The van der Waals surface area contributed by atoms with Crippen molar-refractivity contribution in [2.75, 3.05) is 0 Å². The standard InChI is InChI=1S/C15H20ClNO3/c1-10(8-9-13(18)19)17-14(20)15(2,3)11-6-4-5-7-12(11)16/h4-7,10H,8-9H2,1-3H3,(H,17,20)(H,18,19). The van der Waals surface area contributed by atoms with Crippen LogP contribution in [0.1, 0.15) is 39.2 Å². The van der Waals surface area contributed by atoms with Gasteiger partial charge in [-0.1, -0.05) is 29.8 Å². The van der Waals surface area contributed by atoms with Crippen LogP contribution in [-0.2, 0) is 15.0 Å². The lowest BCUT2D eigenvalue weighted by atomic mass is 9.83. The fraction of sp³-hybridized carbons (Fsp3) is 0.467. The van der Waals surface area contributed by atoms with Gasteiger partial charge in [-0.05, 0) is 38.8 Å². The van der Waals surface area contributed by atoms with E-state index in [1.165, 1.54) is 0 Å². The van der Waals surface area contributed by atoms with Gasteiger partial charge in [0.05, 0.1) is 5.41 Å². The number of carboxylic acids is 1. The van der Waals surface area contributed by atoms with Crippen molar-refractivity contribution in [3.8, 4) is 0 Å². The number of hydrogen-bond acceptors (Lipinski definition) is 2. The fourth-order valence-corrected chi connectivity index (χ4v) is 2.28. The first-order valence-corrected chi connectivity index (χ1v) is 6.90. The third kappa shape index (κ3) is 4.23. The molecule has 1 amide bonds. The lowest BCUT2D eigenvalue weighted by molar-refractivity contribution is -0.137. The summed E-state index contributed by atoms with van der Waals surface area (Å²) in [5.74, 6) is -1.03. The second-order valence-electron chi connectivity index (χ2n) is 5.41. The van der Waals surface area contributed by atoms with Gasteiger partial charge in [-0.2, -0.15) is 0 Å². The van der Waals surface area contributed by atoms with Crippen molar-refractivity contribution in [3.05, 3.63) is 34.9 Å². The van der Waals surface area contributed by atoms with Gasteiger partial charge in [0.15, 0.2) is 0 Å². The highest BCUT2D eigenvalue weighted by Crippen LogP contribution is 2.30. The highest BCUT2D eigenvalue weighted by Gasteiger charge is 2.32. The van der Waals surface area contributed by atoms with Crippen molar-refractivity contribution in [1.29, 1.82) is 0 Å². The second kappa shape index (κ2) is 6.75. The predicted octanol–water partition coefficient (Wildman–Crippen LogP) is 2.99. The summed E-state index contributed by atoms with van der Waals surface area (Å²) in [6.07, 6.45) is 0.438. The number of benzene rings is 1. The number of hydrogen-bond donors (Lipinski definition) is 2. The summed E-state index contributed by atoms with van der Waals surface area (Å²) in [7, 11) is 0. The van der Waals surface area contributed by atoms with Crippen LogP contribution >= 0.6 is 11.6 Å². The molecule has 0 bridgehead atoms. The van der Waals surface area contributed by atoms with E-state index in [2.05, 4.69) is 5.32 Å². The molecule has 0 saturated carbocycles. The van der Waals surface area contributed by atoms with Gasteiger partial charge >= 0.3 is 5.97 Å². The highest BCUT2D eigenvalue weighted by atomic mass is 35.5. The van der Waals surface area contributed by atoms with E-state index >= 15 is 0 Å². The Morgan fingerprint density at radius 3 is 2.50 bits per heavy atom. The fourth-order valence-electron chi connectivity index (χ4n) is 1.91. The van der Waals surface area contributed by atoms with Gasteiger partial charge in [0.25, 0.3) is 0 Å². The Labute approximate surface area is 124 Å². The topological polar surface area (TPSA) is 66.4 Å². The third-order valence-electron chi connectivity index (χ3n) is 3.28. The first-order valence-electron chi connectivity index (χ1n) is 6.53. The van der Waals surface area contributed by atoms with Gasteiger partial charge in [-0.25, -0.2) is 0 Å². The molecule has 110 valence electrons. The molecular weight excluding hydrogens is 278 g/mol. The normalized spacial score (nSPS) is 12.8. The van der Waals surface area contributed by atoms with E-state index in [4.69, 9.17) is 16.7 Å². The van der Waals surface area contributed by atoms with Crippen molar-refractivity contribution in [1.82, 2.24) is 5.32 Å². The van der Waals surface area contributed by atoms with Crippen LogP contribution < -0.4 is 5.32 Å². The van der Waals surface area contributed by atoms with Gasteiger partial charge in [0.1, 0.15) is 0 Å². The zero-order valence-electron chi connectivity index (χ0n) is 11.9. The molecule has 0 heterocycles. The van der Waals surface area contributed by atoms with Gasteiger partial charge in [0, 0.05) is 17.5 Å². The maximum absolute atomic E-state index is 12.4.